The Hall–Kier alpha value is -1.39. The van der Waals surface area contributed by atoms with Crippen LogP contribution < -0.4 is 5.73 Å². The van der Waals surface area contributed by atoms with Crippen molar-refractivity contribution in [2.24, 2.45) is 5.73 Å². The van der Waals surface area contributed by atoms with Crippen LogP contribution in [-0.2, 0) is 16.1 Å². The number of benzene rings is 1. The molecule has 4 heteroatoms. The van der Waals surface area contributed by atoms with Crippen molar-refractivity contribution < 1.29 is 14.6 Å². The average molecular weight is 251 g/mol. The molecule has 0 aliphatic rings. The van der Waals surface area contributed by atoms with Gasteiger partial charge in [0.25, 0.3) is 0 Å². The Morgan fingerprint density at radius 2 is 2.00 bits per heavy atom. The lowest BCUT2D eigenvalue weighted by molar-refractivity contribution is -0.138. The van der Waals surface area contributed by atoms with Gasteiger partial charge in [0, 0.05) is 6.61 Å². The second-order valence-electron chi connectivity index (χ2n) is 4.32. The van der Waals surface area contributed by atoms with Gasteiger partial charge < -0.3 is 15.6 Å². The van der Waals surface area contributed by atoms with Crippen LogP contribution in [0.25, 0.3) is 0 Å². The standard InChI is InChI=1S/C14H21NO3/c1-2-3-4-9-18-10-11-5-7-12(8-6-11)13(15)14(16)17/h5-8,13H,2-4,9-10,15H2,1H3,(H,16,17). The van der Waals surface area contributed by atoms with E-state index >= 15 is 0 Å². The van der Waals surface area contributed by atoms with Gasteiger partial charge in [0.15, 0.2) is 0 Å². The molecule has 1 unspecified atom stereocenters. The second kappa shape index (κ2) is 7.84. The zero-order chi connectivity index (χ0) is 13.4. The van der Waals surface area contributed by atoms with Crippen molar-refractivity contribution in [1.82, 2.24) is 0 Å². The number of rotatable bonds is 8. The fourth-order valence-corrected chi connectivity index (χ4v) is 1.61. The number of carbonyl (C=O) groups is 1. The SMILES string of the molecule is CCCCCOCc1ccc(C(N)C(=O)O)cc1. The van der Waals surface area contributed by atoms with E-state index in [1.54, 1.807) is 12.1 Å². The van der Waals surface area contributed by atoms with Crippen LogP contribution in [0, 0.1) is 0 Å². The molecule has 0 amide bonds. The third kappa shape index (κ3) is 4.85. The smallest absolute Gasteiger partial charge is 0.325 e. The summed E-state index contributed by atoms with van der Waals surface area (Å²) < 4.78 is 5.52. The van der Waals surface area contributed by atoms with Gasteiger partial charge in [-0.15, -0.1) is 0 Å². The van der Waals surface area contributed by atoms with E-state index in [2.05, 4.69) is 6.92 Å². The van der Waals surface area contributed by atoms with Crippen LogP contribution in [-0.4, -0.2) is 17.7 Å². The number of nitrogens with two attached hydrogens (primary N) is 1. The van der Waals surface area contributed by atoms with Gasteiger partial charge in [-0.25, -0.2) is 0 Å². The van der Waals surface area contributed by atoms with E-state index in [1.165, 1.54) is 12.8 Å². The van der Waals surface area contributed by atoms with Gasteiger partial charge in [0.1, 0.15) is 6.04 Å². The Labute approximate surface area is 108 Å². The van der Waals surface area contributed by atoms with Gasteiger partial charge in [0.05, 0.1) is 6.61 Å². The molecule has 0 saturated carbocycles. The summed E-state index contributed by atoms with van der Waals surface area (Å²) in [6, 6.07) is 6.24. The quantitative estimate of drug-likeness (QED) is 0.696. The van der Waals surface area contributed by atoms with E-state index in [1.807, 2.05) is 12.1 Å². The van der Waals surface area contributed by atoms with Crippen molar-refractivity contribution in [3.8, 4) is 0 Å². The first-order valence-corrected chi connectivity index (χ1v) is 6.30. The summed E-state index contributed by atoms with van der Waals surface area (Å²) in [4.78, 5) is 10.7. The minimum Gasteiger partial charge on any atom is -0.480 e. The third-order valence-electron chi connectivity index (χ3n) is 2.77. The molecule has 0 aromatic heterocycles. The Bertz CT molecular complexity index is 362. The van der Waals surface area contributed by atoms with Crippen LogP contribution >= 0.6 is 0 Å². The molecule has 0 fully saturated rings. The number of aliphatic carboxylic acids is 1. The van der Waals surface area contributed by atoms with Gasteiger partial charge in [0.2, 0.25) is 0 Å². The van der Waals surface area contributed by atoms with E-state index in [0.717, 1.165) is 18.6 Å². The molecule has 3 N–H and O–H groups in total. The van der Waals surface area contributed by atoms with Crippen LogP contribution in [0.3, 0.4) is 0 Å². The molecule has 1 rings (SSSR count). The average Bonchev–Trinajstić information content (AvgIpc) is 2.38. The summed E-state index contributed by atoms with van der Waals surface area (Å²) in [5.74, 6) is -1.02. The summed E-state index contributed by atoms with van der Waals surface area (Å²) in [5.41, 5.74) is 7.16. The molecule has 0 spiro atoms. The molecule has 1 aromatic rings. The molecule has 0 radical (unpaired) electrons. The van der Waals surface area contributed by atoms with Crippen LogP contribution in [0.4, 0.5) is 0 Å². The van der Waals surface area contributed by atoms with Gasteiger partial charge in [-0.2, -0.15) is 0 Å². The molecule has 4 nitrogen and oxygen atoms in total. The number of ether oxygens (including phenoxy) is 1. The van der Waals surface area contributed by atoms with Crippen LogP contribution in [0.1, 0.15) is 43.4 Å². The first-order chi connectivity index (χ1) is 8.65. The number of hydrogen-bond donors (Lipinski definition) is 2. The van der Waals surface area contributed by atoms with Crippen molar-refractivity contribution in [3.63, 3.8) is 0 Å². The maximum absolute atomic E-state index is 10.7. The fraction of sp³-hybridized carbons (Fsp3) is 0.500. The van der Waals surface area contributed by atoms with Gasteiger partial charge >= 0.3 is 5.97 Å². The predicted octanol–water partition coefficient (Wildman–Crippen LogP) is 2.48. The zero-order valence-electron chi connectivity index (χ0n) is 10.8. The van der Waals surface area contributed by atoms with Crippen LogP contribution in [0.5, 0.6) is 0 Å². The highest BCUT2D eigenvalue weighted by atomic mass is 16.5. The van der Waals surface area contributed by atoms with E-state index in [-0.39, 0.29) is 0 Å². The van der Waals surface area contributed by atoms with Crippen molar-refractivity contribution >= 4 is 5.97 Å². The minimum absolute atomic E-state index is 0.562. The molecule has 0 bridgehead atoms. The number of unbranched alkanes of at least 4 members (excludes halogenated alkanes) is 2. The Morgan fingerprint density at radius 1 is 1.33 bits per heavy atom. The molecule has 0 aliphatic heterocycles. The third-order valence-corrected chi connectivity index (χ3v) is 2.77. The highest BCUT2D eigenvalue weighted by Gasteiger charge is 2.13. The summed E-state index contributed by atoms with van der Waals surface area (Å²) in [6.07, 6.45) is 3.45. The first-order valence-electron chi connectivity index (χ1n) is 6.30. The van der Waals surface area contributed by atoms with Crippen LogP contribution in [0.2, 0.25) is 0 Å². The second-order valence-corrected chi connectivity index (χ2v) is 4.32. The highest BCUT2D eigenvalue weighted by molar-refractivity contribution is 5.75. The lowest BCUT2D eigenvalue weighted by Gasteiger charge is -2.08. The monoisotopic (exact) mass is 251 g/mol. The maximum Gasteiger partial charge on any atom is 0.325 e. The summed E-state index contributed by atoms with van der Waals surface area (Å²) >= 11 is 0. The van der Waals surface area contributed by atoms with E-state index in [9.17, 15) is 4.79 Å². The number of carboxylic acid groups (broad SMARTS) is 1. The molecular weight excluding hydrogens is 230 g/mol. The summed E-state index contributed by atoms with van der Waals surface area (Å²) in [6.45, 7) is 3.49. The molecule has 1 aromatic carbocycles. The minimum atomic E-state index is -1.02. The van der Waals surface area contributed by atoms with E-state index in [4.69, 9.17) is 15.6 Å². The molecule has 0 heterocycles. The first kappa shape index (κ1) is 14.7. The molecule has 0 saturated heterocycles. The lowest BCUT2D eigenvalue weighted by Crippen LogP contribution is -2.20. The van der Waals surface area contributed by atoms with Crippen LogP contribution in [0.15, 0.2) is 24.3 Å². The van der Waals surface area contributed by atoms with Gasteiger partial charge in [-0.1, -0.05) is 44.0 Å². The maximum atomic E-state index is 10.7. The molecule has 0 aliphatic carbocycles. The van der Waals surface area contributed by atoms with Crippen molar-refractivity contribution in [2.45, 2.75) is 38.8 Å². The lowest BCUT2D eigenvalue weighted by atomic mass is 10.1. The molecule has 18 heavy (non-hydrogen) atoms. The fourth-order valence-electron chi connectivity index (χ4n) is 1.61. The van der Waals surface area contributed by atoms with Crippen molar-refractivity contribution in [2.75, 3.05) is 6.61 Å². The Balaban J connectivity index is 2.38. The van der Waals surface area contributed by atoms with E-state index in [0.29, 0.717) is 12.2 Å². The van der Waals surface area contributed by atoms with Crippen molar-refractivity contribution in [1.29, 1.82) is 0 Å². The number of hydrogen-bond acceptors (Lipinski definition) is 3. The van der Waals surface area contributed by atoms with Gasteiger partial charge in [-0.3, -0.25) is 4.79 Å². The highest BCUT2D eigenvalue weighted by Crippen LogP contribution is 2.12. The Kier molecular flexibility index (Phi) is 6.39. The summed E-state index contributed by atoms with van der Waals surface area (Å²) in [7, 11) is 0. The predicted molar refractivity (Wildman–Crippen MR) is 70.2 cm³/mol. The van der Waals surface area contributed by atoms with Crippen molar-refractivity contribution in [3.05, 3.63) is 35.4 Å². The summed E-state index contributed by atoms with van der Waals surface area (Å²) in [5, 5.41) is 8.78. The largest absolute Gasteiger partial charge is 0.480 e. The molecule has 1 atom stereocenters. The van der Waals surface area contributed by atoms with E-state index < -0.39 is 12.0 Å². The molecule has 100 valence electrons. The zero-order valence-corrected chi connectivity index (χ0v) is 10.8. The topological polar surface area (TPSA) is 72.5 Å². The van der Waals surface area contributed by atoms with Gasteiger partial charge in [-0.05, 0) is 17.5 Å². The normalized spacial score (nSPS) is 12.3. The number of carboxylic acids is 1. The molecular formula is C14H21NO3. The Morgan fingerprint density at radius 3 is 2.56 bits per heavy atom.